The topological polar surface area (TPSA) is 53.4 Å². The van der Waals surface area contributed by atoms with Crippen molar-refractivity contribution >= 4 is 34.4 Å². The fourth-order valence-electron chi connectivity index (χ4n) is 2.17. The molecule has 1 aliphatic rings. The Labute approximate surface area is 114 Å². The van der Waals surface area contributed by atoms with Crippen molar-refractivity contribution in [3.05, 3.63) is 21.9 Å². The molecule has 1 aromatic heterocycles. The van der Waals surface area contributed by atoms with Gasteiger partial charge in [0.15, 0.2) is 0 Å². The number of piperidine rings is 1. The number of nitrogens with zero attached hydrogens (tertiary/aromatic N) is 2. The zero-order valence-corrected chi connectivity index (χ0v) is 11.6. The highest BCUT2D eigenvalue weighted by molar-refractivity contribution is 14.1. The Balaban J connectivity index is 1.90. The van der Waals surface area contributed by atoms with Crippen molar-refractivity contribution in [1.29, 1.82) is 0 Å². The van der Waals surface area contributed by atoms with Crippen molar-refractivity contribution in [1.82, 2.24) is 4.98 Å². The number of carboxylic acids is 1. The summed E-state index contributed by atoms with van der Waals surface area (Å²) in [6, 6.07) is 4.07. The molecule has 2 rings (SSSR count). The normalized spacial score (nSPS) is 17.1. The van der Waals surface area contributed by atoms with Crippen LogP contribution in [-0.4, -0.2) is 29.1 Å². The van der Waals surface area contributed by atoms with Crippen LogP contribution in [0.25, 0.3) is 0 Å². The standard InChI is InChI=1S/C12H15IN2O2/c13-10-1-2-11(14-8-10)15-5-3-9(4-6-15)7-12(16)17/h1-2,8-9H,3-7H2,(H,16,17). The zero-order valence-electron chi connectivity index (χ0n) is 9.47. The molecular formula is C12H15IN2O2. The van der Waals surface area contributed by atoms with Gasteiger partial charge in [-0.3, -0.25) is 4.79 Å². The van der Waals surface area contributed by atoms with Crippen LogP contribution >= 0.6 is 22.6 Å². The molecule has 0 aromatic carbocycles. The van der Waals surface area contributed by atoms with Crippen molar-refractivity contribution in [2.24, 2.45) is 5.92 Å². The second-order valence-electron chi connectivity index (χ2n) is 4.36. The maximum atomic E-state index is 10.6. The van der Waals surface area contributed by atoms with E-state index in [2.05, 4.69) is 32.5 Å². The SMILES string of the molecule is O=C(O)CC1CCN(c2ccc(I)cn2)CC1. The second kappa shape index (κ2) is 5.66. The van der Waals surface area contributed by atoms with E-state index in [1.807, 2.05) is 18.3 Å². The van der Waals surface area contributed by atoms with Crippen LogP contribution in [0.2, 0.25) is 0 Å². The number of halogens is 1. The third-order valence-corrected chi connectivity index (χ3v) is 3.75. The summed E-state index contributed by atoms with van der Waals surface area (Å²) in [7, 11) is 0. The lowest BCUT2D eigenvalue weighted by Gasteiger charge is -2.32. The molecule has 1 N–H and O–H groups in total. The van der Waals surface area contributed by atoms with Gasteiger partial charge in [0, 0.05) is 29.3 Å². The molecule has 0 spiro atoms. The average Bonchev–Trinajstić information content (AvgIpc) is 2.30. The molecule has 0 radical (unpaired) electrons. The first-order chi connectivity index (χ1) is 8.15. The highest BCUT2D eigenvalue weighted by Gasteiger charge is 2.21. The minimum atomic E-state index is -0.684. The van der Waals surface area contributed by atoms with Crippen LogP contribution in [-0.2, 0) is 4.79 Å². The number of rotatable bonds is 3. The Bertz CT molecular complexity index is 386. The third-order valence-electron chi connectivity index (χ3n) is 3.11. The predicted molar refractivity (Wildman–Crippen MR) is 74.1 cm³/mol. The molecule has 0 aliphatic carbocycles. The second-order valence-corrected chi connectivity index (χ2v) is 5.61. The summed E-state index contributed by atoms with van der Waals surface area (Å²) in [5.74, 6) is 0.641. The van der Waals surface area contributed by atoms with Gasteiger partial charge in [-0.1, -0.05) is 0 Å². The Morgan fingerprint density at radius 1 is 1.47 bits per heavy atom. The summed E-state index contributed by atoms with van der Waals surface area (Å²) in [4.78, 5) is 17.3. The monoisotopic (exact) mass is 346 g/mol. The molecule has 0 amide bonds. The lowest BCUT2D eigenvalue weighted by molar-refractivity contribution is -0.138. The smallest absolute Gasteiger partial charge is 0.303 e. The van der Waals surface area contributed by atoms with Crippen molar-refractivity contribution in [2.75, 3.05) is 18.0 Å². The number of aliphatic carboxylic acids is 1. The Morgan fingerprint density at radius 3 is 2.71 bits per heavy atom. The van der Waals surface area contributed by atoms with E-state index in [0.717, 1.165) is 35.3 Å². The van der Waals surface area contributed by atoms with Gasteiger partial charge in [-0.2, -0.15) is 0 Å². The van der Waals surface area contributed by atoms with Gasteiger partial charge in [0.25, 0.3) is 0 Å². The molecule has 1 fully saturated rings. The lowest BCUT2D eigenvalue weighted by Crippen LogP contribution is -2.34. The van der Waals surface area contributed by atoms with Gasteiger partial charge in [0.1, 0.15) is 5.82 Å². The number of pyridine rings is 1. The first-order valence-electron chi connectivity index (χ1n) is 5.73. The van der Waals surface area contributed by atoms with Crippen LogP contribution in [0, 0.1) is 9.49 Å². The molecule has 0 bridgehead atoms. The molecule has 92 valence electrons. The molecule has 0 atom stereocenters. The number of hydrogen-bond acceptors (Lipinski definition) is 3. The van der Waals surface area contributed by atoms with E-state index < -0.39 is 5.97 Å². The molecule has 2 heterocycles. The van der Waals surface area contributed by atoms with E-state index in [9.17, 15) is 4.79 Å². The van der Waals surface area contributed by atoms with E-state index in [0.29, 0.717) is 12.3 Å². The first kappa shape index (κ1) is 12.6. The lowest BCUT2D eigenvalue weighted by atomic mass is 9.94. The largest absolute Gasteiger partial charge is 0.481 e. The quantitative estimate of drug-likeness (QED) is 0.854. The molecule has 4 nitrogen and oxygen atoms in total. The van der Waals surface area contributed by atoms with Crippen molar-refractivity contribution in [3.63, 3.8) is 0 Å². The maximum Gasteiger partial charge on any atom is 0.303 e. The van der Waals surface area contributed by atoms with Gasteiger partial charge >= 0.3 is 5.97 Å². The molecule has 1 saturated heterocycles. The van der Waals surface area contributed by atoms with E-state index in [-0.39, 0.29) is 0 Å². The third kappa shape index (κ3) is 3.55. The van der Waals surface area contributed by atoms with E-state index in [1.165, 1.54) is 0 Å². The molecule has 1 aliphatic heterocycles. The molecule has 1 aromatic rings. The summed E-state index contributed by atoms with van der Waals surface area (Å²) < 4.78 is 1.13. The van der Waals surface area contributed by atoms with Crippen LogP contribution in [0.3, 0.4) is 0 Å². The number of anilines is 1. The molecular weight excluding hydrogens is 331 g/mol. The Morgan fingerprint density at radius 2 is 2.18 bits per heavy atom. The minimum Gasteiger partial charge on any atom is -0.481 e. The molecule has 0 saturated carbocycles. The van der Waals surface area contributed by atoms with Gasteiger partial charge in [0.05, 0.1) is 0 Å². The minimum absolute atomic E-state index is 0.300. The van der Waals surface area contributed by atoms with E-state index >= 15 is 0 Å². The van der Waals surface area contributed by atoms with Crippen LogP contribution in [0.15, 0.2) is 18.3 Å². The summed E-state index contributed by atoms with van der Waals surface area (Å²) in [6.07, 6.45) is 4.05. The average molecular weight is 346 g/mol. The van der Waals surface area contributed by atoms with Gasteiger partial charge in [0.2, 0.25) is 0 Å². The highest BCUT2D eigenvalue weighted by Crippen LogP contribution is 2.24. The Hall–Kier alpha value is -0.850. The fraction of sp³-hybridized carbons (Fsp3) is 0.500. The van der Waals surface area contributed by atoms with Crippen LogP contribution < -0.4 is 4.90 Å². The van der Waals surface area contributed by atoms with Crippen LogP contribution in [0.1, 0.15) is 19.3 Å². The van der Waals surface area contributed by atoms with Gasteiger partial charge in [-0.05, 0) is 53.5 Å². The van der Waals surface area contributed by atoms with Crippen molar-refractivity contribution in [2.45, 2.75) is 19.3 Å². The molecule has 17 heavy (non-hydrogen) atoms. The van der Waals surface area contributed by atoms with Crippen molar-refractivity contribution < 1.29 is 9.90 Å². The van der Waals surface area contributed by atoms with E-state index in [4.69, 9.17) is 5.11 Å². The maximum absolute atomic E-state index is 10.6. The highest BCUT2D eigenvalue weighted by atomic mass is 127. The Kier molecular flexibility index (Phi) is 4.20. The van der Waals surface area contributed by atoms with Gasteiger partial charge in [-0.15, -0.1) is 0 Å². The fourth-order valence-corrected chi connectivity index (χ4v) is 2.49. The predicted octanol–water partition coefficient (Wildman–Crippen LogP) is 2.38. The van der Waals surface area contributed by atoms with Gasteiger partial charge in [-0.25, -0.2) is 4.98 Å². The van der Waals surface area contributed by atoms with E-state index in [1.54, 1.807) is 0 Å². The van der Waals surface area contributed by atoms with Crippen LogP contribution in [0.4, 0.5) is 5.82 Å². The summed E-state index contributed by atoms with van der Waals surface area (Å²) in [6.45, 7) is 1.82. The number of hydrogen-bond donors (Lipinski definition) is 1. The number of carboxylic acid groups (broad SMARTS) is 1. The van der Waals surface area contributed by atoms with Crippen molar-refractivity contribution in [3.8, 4) is 0 Å². The summed E-state index contributed by atoms with van der Waals surface area (Å²) in [5.41, 5.74) is 0. The summed E-state index contributed by atoms with van der Waals surface area (Å²) in [5, 5.41) is 8.75. The zero-order chi connectivity index (χ0) is 12.3. The first-order valence-corrected chi connectivity index (χ1v) is 6.81. The number of carbonyl (C=O) groups is 1. The molecule has 5 heteroatoms. The summed E-state index contributed by atoms with van der Waals surface area (Å²) >= 11 is 2.24. The number of aromatic nitrogens is 1. The van der Waals surface area contributed by atoms with Gasteiger partial charge < -0.3 is 10.0 Å². The molecule has 0 unspecified atom stereocenters. The van der Waals surface area contributed by atoms with Crippen LogP contribution in [0.5, 0.6) is 0 Å².